The highest BCUT2D eigenvalue weighted by atomic mass is 16.5. The van der Waals surface area contributed by atoms with Gasteiger partial charge in [-0.1, -0.05) is 6.92 Å². The van der Waals surface area contributed by atoms with Gasteiger partial charge in [0, 0.05) is 19.3 Å². The number of amides is 1. The molecule has 0 aliphatic carbocycles. The van der Waals surface area contributed by atoms with Crippen LogP contribution in [0.2, 0.25) is 0 Å². The Morgan fingerprint density at radius 1 is 1.52 bits per heavy atom. The van der Waals surface area contributed by atoms with E-state index in [1.807, 2.05) is 11.5 Å². The molecule has 116 valence electrons. The van der Waals surface area contributed by atoms with Crippen molar-refractivity contribution in [2.45, 2.75) is 25.9 Å². The number of carbonyl (C=O) groups is 2. The van der Waals surface area contributed by atoms with Crippen LogP contribution in [0, 0.1) is 0 Å². The van der Waals surface area contributed by atoms with Crippen molar-refractivity contribution in [2.75, 3.05) is 32.6 Å². The monoisotopic (exact) mass is 295 g/mol. The first-order valence-electron chi connectivity index (χ1n) is 7.00. The summed E-state index contributed by atoms with van der Waals surface area (Å²) >= 11 is 0. The lowest BCUT2D eigenvalue weighted by atomic mass is 10.2. The summed E-state index contributed by atoms with van der Waals surface area (Å²) in [6.45, 7) is 3.64. The fraction of sp³-hybridized carbons (Fsp3) is 0.571. The Balaban J connectivity index is 2.26. The number of methoxy groups -OCH3 is 1. The Morgan fingerprint density at radius 2 is 2.29 bits per heavy atom. The van der Waals surface area contributed by atoms with Gasteiger partial charge < -0.3 is 24.7 Å². The fourth-order valence-electron chi connectivity index (χ4n) is 2.46. The van der Waals surface area contributed by atoms with Gasteiger partial charge in [0.05, 0.1) is 26.0 Å². The summed E-state index contributed by atoms with van der Waals surface area (Å²) in [7, 11) is 1.30. The van der Waals surface area contributed by atoms with Crippen molar-refractivity contribution in [3.8, 4) is 0 Å². The maximum Gasteiger partial charge on any atom is 0.331 e. The van der Waals surface area contributed by atoms with Gasteiger partial charge in [0.25, 0.3) is 5.91 Å². The minimum atomic E-state index is -0.706. The number of nitrogens with zero attached hydrogens (tertiary/aromatic N) is 2. The zero-order valence-electron chi connectivity index (χ0n) is 12.4. The summed E-state index contributed by atoms with van der Waals surface area (Å²) in [4.78, 5) is 26.0. The molecule has 1 unspecified atom stereocenters. The molecule has 0 bridgehead atoms. The largest absolute Gasteiger partial charge is 0.467 e. The van der Waals surface area contributed by atoms with Crippen LogP contribution in [0.15, 0.2) is 12.3 Å². The molecule has 1 amide bonds. The van der Waals surface area contributed by atoms with Gasteiger partial charge in [0.1, 0.15) is 5.69 Å². The average Bonchev–Trinajstić information content (AvgIpc) is 2.87. The Hall–Kier alpha value is -2.02. The highest BCUT2D eigenvalue weighted by molar-refractivity contribution is 5.96. The zero-order chi connectivity index (χ0) is 15.4. The van der Waals surface area contributed by atoms with Gasteiger partial charge in [-0.3, -0.25) is 4.79 Å². The molecule has 2 heterocycles. The summed E-state index contributed by atoms with van der Waals surface area (Å²) in [6.07, 6.45) is 2.63. The van der Waals surface area contributed by atoms with Crippen LogP contribution >= 0.6 is 0 Å². The lowest BCUT2D eigenvalue weighted by molar-refractivity contribution is -0.151. The first kappa shape index (κ1) is 15.4. The van der Waals surface area contributed by atoms with Crippen LogP contribution < -0.4 is 5.73 Å². The Morgan fingerprint density at radius 3 is 2.95 bits per heavy atom. The van der Waals surface area contributed by atoms with Crippen molar-refractivity contribution in [2.24, 2.45) is 0 Å². The third kappa shape index (κ3) is 3.18. The number of aromatic nitrogens is 1. The molecule has 0 saturated carbocycles. The van der Waals surface area contributed by atoms with Crippen molar-refractivity contribution in [1.82, 2.24) is 9.47 Å². The van der Waals surface area contributed by atoms with Crippen LogP contribution in [0.1, 0.15) is 23.8 Å². The van der Waals surface area contributed by atoms with E-state index in [0.29, 0.717) is 31.1 Å². The molecule has 0 aromatic carbocycles. The van der Waals surface area contributed by atoms with Crippen LogP contribution in [0.3, 0.4) is 0 Å². The molecule has 1 atom stereocenters. The van der Waals surface area contributed by atoms with Crippen LogP contribution in [0.5, 0.6) is 0 Å². The zero-order valence-corrected chi connectivity index (χ0v) is 12.4. The van der Waals surface area contributed by atoms with Gasteiger partial charge in [-0.05, 0) is 12.5 Å². The number of esters is 1. The van der Waals surface area contributed by atoms with E-state index >= 15 is 0 Å². The molecule has 1 aromatic rings. The molecule has 1 fully saturated rings. The highest BCUT2D eigenvalue weighted by Crippen LogP contribution is 2.18. The predicted molar refractivity (Wildman–Crippen MR) is 76.8 cm³/mol. The molecular weight excluding hydrogens is 274 g/mol. The number of hydrogen-bond donors (Lipinski definition) is 1. The SMILES string of the molecule is CCCn1cc(N)cc1C(=O)N1CCOCC1C(=O)OC. The van der Waals surface area contributed by atoms with Gasteiger partial charge in [-0.25, -0.2) is 4.79 Å². The number of nitrogen functional groups attached to an aromatic ring is 1. The third-order valence-electron chi connectivity index (χ3n) is 3.46. The summed E-state index contributed by atoms with van der Waals surface area (Å²) in [6, 6.07) is 0.935. The first-order chi connectivity index (χ1) is 10.1. The van der Waals surface area contributed by atoms with E-state index in [4.69, 9.17) is 15.2 Å². The highest BCUT2D eigenvalue weighted by Gasteiger charge is 2.35. The van der Waals surface area contributed by atoms with E-state index in [0.717, 1.165) is 6.42 Å². The lowest BCUT2D eigenvalue weighted by Crippen LogP contribution is -2.53. The smallest absolute Gasteiger partial charge is 0.331 e. The number of morpholine rings is 1. The van der Waals surface area contributed by atoms with E-state index < -0.39 is 12.0 Å². The molecule has 1 saturated heterocycles. The van der Waals surface area contributed by atoms with E-state index in [-0.39, 0.29) is 12.5 Å². The predicted octanol–water partition coefficient (Wildman–Crippen LogP) is 0.494. The van der Waals surface area contributed by atoms with Gasteiger partial charge >= 0.3 is 5.97 Å². The second-order valence-electron chi connectivity index (χ2n) is 4.96. The van der Waals surface area contributed by atoms with E-state index in [9.17, 15) is 9.59 Å². The van der Waals surface area contributed by atoms with Gasteiger partial charge in [0.2, 0.25) is 0 Å². The van der Waals surface area contributed by atoms with Crippen molar-refractivity contribution in [1.29, 1.82) is 0 Å². The van der Waals surface area contributed by atoms with Crippen LogP contribution in [-0.4, -0.2) is 54.3 Å². The number of nitrogens with two attached hydrogens (primary N) is 1. The van der Waals surface area contributed by atoms with Crippen LogP contribution in [0.4, 0.5) is 5.69 Å². The maximum atomic E-state index is 12.7. The fourth-order valence-corrected chi connectivity index (χ4v) is 2.46. The number of aryl methyl sites for hydroxylation is 1. The second kappa shape index (κ2) is 6.62. The minimum absolute atomic E-state index is 0.155. The maximum absolute atomic E-state index is 12.7. The Bertz CT molecular complexity index is 526. The van der Waals surface area contributed by atoms with Crippen LogP contribution in [0.25, 0.3) is 0 Å². The Labute approximate surface area is 123 Å². The van der Waals surface area contributed by atoms with Gasteiger partial charge in [-0.15, -0.1) is 0 Å². The molecule has 0 spiro atoms. The molecular formula is C14H21N3O4. The standard InChI is InChI=1S/C14H21N3O4/c1-3-4-16-8-10(15)7-11(16)13(18)17-5-6-21-9-12(17)14(19)20-2/h7-8,12H,3-6,9,15H2,1-2H3. The first-order valence-corrected chi connectivity index (χ1v) is 7.00. The van der Waals surface area contributed by atoms with Crippen molar-refractivity contribution in [3.05, 3.63) is 18.0 Å². The summed E-state index contributed by atoms with van der Waals surface area (Å²) in [5.74, 6) is -0.691. The molecule has 1 aliphatic rings. The molecule has 7 nitrogen and oxygen atoms in total. The van der Waals surface area contributed by atoms with Gasteiger partial charge in [-0.2, -0.15) is 0 Å². The molecule has 2 rings (SSSR count). The van der Waals surface area contributed by atoms with Crippen molar-refractivity contribution >= 4 is 17.6 Å². The number of rotatable bonds is 4. The van der Waals surface area contributed by atoms with Crippen molar-refractivity contribution in [3.63, 3.8) is 0 Å². The molecule has 0 radical (unpaired) electrons. The molecule has 7 heteroatoms. The van der Waals surface area contributed by atoms with E-state index in [2.05, 4.69) is 0 Å². The molecule has 21 heavy (non-hydrogen) atoms. The van der Waals surface area contributed by atoms with Crippen molar-refractivity contribution < 1.29 is 19.1 Å². The summed E-state index contributed by atoms with van der Waals surface area (Å²) in [5, 5.41) is 0. The third-order valence-corrected chi connectivity index (χ3v) is 3.46. The molecule has 1 aromatic heterocycles. The molecule has 2 N–H and O–H groups in total. The normalized spacial score (nSPS) is 18.6. The van der Waals surface area contributed by atoms with Gasteiger partial charge in [0.15, 0.2) is 6.04 Å². The quantitative estimate of drug-likeness (QED) is 0.817. The van der Waals surface area contributed by atoms with E-state index in [1.165, 1.54) is 12.0 Å². The summed E-state index contributed by atoms with van der Waals surface area (Å²) in [5.41, 5.74) is 6.82. The Kier molecular flexibility index (Phi) is 4.85. The number of ether oxygens (including phenoxy) is 2. The summed E-state index contributed by atoms with van der Waals surface area (Å²) < 4.78 is 11.8. The second-order valence-corrected chi connectivity index (χ2v) is 4.96. The topological polar surface area (TPSA) is 86.8 Å². The minimum Gasteiger partial charge on any atom is -0.467 e. The van der Waals surface area contributed by atoms with E-state index in [1.54, 1.807) is 12.3 Å². The molecule has 1 aliphatic heterocycles. The number of carbonyl (C=O) groups excluding carboxylic acids is 2. The average molecular weight is 295 g/mol. The van der Waals surface area contributed by atoms with Crippen LogP contribution in [-0.2, 0) is 20.8 Å². The lowest BCUT2D eigenvalue weighted by Gasteiger charge is -2.33. The number of hydrogen-bond acceptors (Lipinski definition) is 5. The number of anilines is 1.